The molecule has 2 N–H and O–H groups in total. The number of nitrogens with zero attached hydrogens (tertiary/aromatic N) is 1. The van der Waals surface area contributed by atoms with Crippen LogP contribution in [0.5, 0.6) is 0 Å². The molecule has 0 radical (unpaired) electrons. The Morgan fingerprint density at radius 2 is 1.95 bits per heavy atom. The largest absolute Gasteiger partial charge is 0.354 e. The van der Waals surface area contributed by atoms with Crippen LogP contribution >= 0.6 is 0 Å². The molecule has 0 aromatic heterocycles. The molecule has 0 aliphatic carbocycles. The Labute approximate surface area is 121 Å². The highest BCUT2D eigenvalue weighted by Crippen LogP contribution is 2.24. The van der Waals surface area contributed by atoms with Crippen LogP contribution in [-0.4, -0.2) is 44.0 Å². The van der Waals surface area contributed by atoms with Crippen molar-refractivity contribution < 1.29 is 4.79 Å². The van der Waals surface area contributed by atoms with Crippen molar-refractivity contribution in [2.24, 2.45) is 0 Å². The number of amides is 1. The summed E-state index contributed by atoms with van der Waals surface area (Å²) in [6.07, 6.45) is 3.06. The van der Waals surface area contributed by atoms with E-state index in [4.69, 9.17) is 0 Å². The quantitative estimate of drug-likeness (QED) is 0.793. The minimum Gasteiger partial charge on any atom is -0.354 e. The summed E-state index contributed by atoms with van der Waals surface area (Å²) < 4.78 is 0. The molecule has 1 aliphatic heterocycles. The van der Waals surface area contributed by atoms with Crippen LogP contribution in [-0.2, 0) is 4.79 Å². The molecule has 4 nitrogen and oxygen atoms in total. The minimum atomic E-state index is 0.125. The second-order valence-electron chi connectivity index (χ2n) is 5.33. The maximum absolute atomic E-state index is 11.8. The summed E-state index contributed by atoms with van der Waals surface area (Å²) in [6, 6.07) is 10.8. The molecular weight excluding hydrogens is 250 g/mol. The van der Waals surface area contributed by atoms with Crippen molar-refractivity contribution in [2.45, 2.75) is 25.3 Å². The third kappa shape index (κ3) is 4.32. The summed E-state index contributed by atoms with van der Waals surface area (Å²) in [6.45, 7) is 3.69. The summed E-state index contributed by atoms with van der Waals surface area (Å²) in [5.41, 5.74) is 1.29. The monoisotopic (exact) mass is 275 g/mol. The molecule has 110 valence electrons. The molecule has 0 bridgehead atoms. The molecule has 1 unspecified atom stereocenters. The van der Waals surface area contributed by atoms with E-state index in [0.717, 1.165) is 19.6 Å². The Hall–Kier alpha value is -1.39. The first-order valence-electron chi connectivity index (χ1n) is 7.51. The number of nitrogens with one attached hydrogen (secondary N) is 2. The molecule has 1 atom stereocenters. The zero-order valence-corrected chi connectivity index (χ0v) is 12.3. The van der Waals surface area contributed by atoms with Crippen molar-refractivity contribution in [3.63, 3.8) is 0 Å². The van der Waals surface area contributed by atoms with Crippen molar-refractivity contribution in [3.05, 3.63) is 35.9 Å². The first kappa shape index (κ1) is 15.0. The van der Waals surface area contributed by atoms with E-state index in [-0.39, 0.29) is 5.91 Å². The highest BCUT2D eigenvalue weighted by Gasteiger charge is 2.23. The first-order valence-corrected chi connectivity index (χ1v) is 7.51. The number of hydrogen-bond donors (Lipinski definition) is 2. The van der Waals surface area contributed by atoms with Gasteiger partial charge in [-0.05, 0) is 38.5 Å². The number of hydrogen-bond acceptors (Lipinski definition) is 3. The van der Waals surface area contributed by atoms with Crippen LogP contribution in [0.4, 0.5) is 0 Å². The van der Waals surface area contributed by atoms with E-state index >= 15 is 0 Å². The van der Waals surface area contributed by atoms with E-state index in [0.29, 0.717) is 19.0 Å². The van der Waals surface area contributed by atoms with E-state index < -0.39 is 0 Å². The van der Waals surface area contributed by atoms with Crippen LogP contribution in [0.1, 0.15) is 30.9 Å². The molecule has 0 spiro atoms. The van der Waals surface area contributed by atoms with Gasteiger partial charge in [0.1, 0.15) is 0 Å². The van der Waals surface area contributed by atoms with E-state index in [1.165, 1.54) is 18.4 Å². The van der Waals surface area contributed by atoms with Crippen LogP contribution in [0, 0.1) is 0 Å². The smallest absolute Gasteiger partial charge is 0.221 e. The second-order valence-corrected chi connectivity index (χ2v) is 5.33. The van der Waals surface area contributed by atoms with Gasteiger partial charge in [-0.2, -0.15) is 0 Å². The lowest BCUT2D eigenvalue weighted by Crippen LogP contribution is -2.37. The van der Waals surface area contributed by atoms with Gasteiger partial charge in [0.2, 0.25) is 5.91 Å². The number of carbonyl (C=O) groups is 1. The van der Waals surface area contributed by atoms with E-state index in [9.17, 15) is 4.79 Å². The van der Waals surface area contributed by atoms with Crippen molar-refractivity contribution in [1.29, 1.82) is 0 Å². The molecule has 1 heterocycles. The highest BCUT2D eigenvalue weighted by atomic mass is 16.1. The molecule has 1 amide bonds. The molecule has 4 heteroatoms. The fourth-order valence-electron chi connectivity index (χ4n) is 2.72. The lowest BCUT2D eigenvalue weighted by atomic mass is 10.1. The van der Waals surface area contributed by atoms with Gasteiger partial charge in [-0.3, -0.25) is 9.69 Å². The molecule has 1 saturated heterocycles. The fourth-order valence-corrected chi connectivity index (χ4v) is 2.72. The van der Waals surface area contributed by atoms with Gasteiger partial charge >= 0.3 is 0 Å². The number of benzene rings is 1. The van der Waals surface area contributed by atoms with Crippen LogP contribution in [0.15, 0.2) is 30.3 Å². The fraction of sp³-hybridized carbons (Fsp3) is 0.562. The molecule has 1 fully saturated rings. The van der Waals surface area contributed by atoms with Gasteiger partial charge in [0.15, 0.2) is 0 Å². The van der Waals surface area contributed by atoms with E-state index in [1.54, 1.807) is 0 Å². The lowest BCUT2D eigenvalue weighted by molar-refractivity contribution is -0.121. The maximum Gasteiger partial charge on any atom is 0.221 e. The molecule has 20 heavy (non-hydrogen) atoms. The normalized spacial score (nSPS) is 17.1. The standard InChI is InChI=1S/C16H25N3O/c1-17-10-9-16(20)18-13-15(19-11-5-6-12-19)14-7-3-2-4-8-14/h2-4,7-8,15,17H,5-6,9-13H2,1H3,(H,18,20). The zero-order chi connectivity index (χ0) is 14.2. The van der Waals surface area contributed by atoms with Gasteiger partial charge in [0.25, 0.3) is 0 Å². The van der Waals surface area contributed by atoms with Gasteiger partial charge in [0, 0.05) is 19.5 Å². The van der Waals surface area contributed by atoms with E-state index in [2.05, 4.69) is 39.8 Å². The Morgan fingerprint density at radius 1 is 1.25 bits per heavy atom. The van der Waals surface area contributed by atoms with Crippen molar-refractivity contribution in [2.75, 3.05) is 33.2 Å². The Balaban J connectivity index is 1.95. The zero-order valence-electron chi connectivity index (χ0n) is 12.3. The molecular formula is C16H25N3O. The Kier molecular flexibility index (Phi) is 6.02. The summed E-state index contributed by atoms with van der Waals surface area (Å²) >= 11 is 0. The van der Waals surface area contributed by atoms with Crippen molar-refractivity contribution >= 4 is 5.91 Å². The topological polar surface area (TPSA) is 44.4 Å². The third-order valence-corrected chi connectivity index (χ3v) is 3.86. The predicted molar refractivity (Wildman–Crippen MR) is 81.5 cm³/mol. The van der Waals surface area contributed by atoms with Crippen molar-refractivity contribution in [1.82, 2.24) is 15.5 Å². The van der Waals surface area contributed by atoms with Gasteiger partial charge < -0.3 is 10.6 Å². The molecule has 2 rings (SSSR count). The third-order valence-electron chi connectivity index (χ3n) is 3.86. The first-order chi connectivity index (χ1) is 9.81. The average molecular weight is 275 g/mol. The molecule has 0 saturated carbocycles. The van der Waals surface area contributed by atoms with Gasteiger partial charge in [-0.25, -0.2) is 0 Å². The van der Waals surface area contributed by atoms with Gasteiger partial charge in [-0.15, -0.1) is 0 Å². The number of likely N-dealkylation sites (tertiary alicyclic amines) is 1. The Bertz CT molecular complexity index is 401. The van der Waals surface area contributed by atoms with Crippen molar-refractivity contribution in [3.8, 4) is 0 Å². The van der Waals surface area contributed by atoms with Gasteiger partial charge in [-0.1, -0.05) is 30.3 Å². The minimum absolute atomic E-state index is 0.125. The maximum atomic E-state index is 11.8. The van der Waals surface area contributed by atoms with Crippen LogP contribution < -0.4 is 10.6 Å². The molecule has 1 aromatic rings. The highest BCUT2D eigenvalue weighted by molar-refractivity contribution is 5.76. The molecule has 1 aromatic carbocycles. The predicted octanol–water partition coefficient (Wildman–Crippen LogP) is 1.55. The summed E-state index contributed by atoms with van der Waals surface area (Å²) in [5.74, 6) is 0.125. The number of rotatable bonds is 7. The van der Waals surface area contributed by atoms with Crippen LogP contribution in [0.2, 0.25) is 0 Å². The Morgan fingerprint density at radius 3 is 2.60 bits per heavy atom. The second kappa shape index (κ2) is 8.02. The van der Waals surface area contributed by atoms with Crippen LogP contribution in [0.25, 0.3) is 0 Å². The summed E-state index contributed by atoms with van der Waals surface area (Å²) in [4.78, 5) is 14.3. The molecule has 1 aliphatic rings. The number of carbonyl (C=O) groups excluding carboxylic acids is 1. The van der Waals surface area contributed by atoms with Gasteiger partial charge in [0.05, 0.1) is 6.04 Å². The van der Waals surface area contributed by atoms with E-state index in [1.807, 2.05) is 13.1 Å². The van der Waals surface area contributed by atoms with Crippen LogP contribution in [0.3, 0.4) is 0 Å². The lowest BCUT2D eigenvalue weighted by Gasteiger charge is -2.28. The summed E-state index contributed by atoms with van der Waals surface area (Å²) in [7, 11) is 1.87. The SMILES string of the molecule is CNCCC(=O)NCC(c1ccccc1)N1CCCC1. The summed E-state index contributed by atoms with van der Waals surface area (Å²) in [5, 5.41) is 6.07. The average Bonchev–Trinajstić information content (AvgIpc) is 3.00.